The van der Waals surface area contributed by atoms with Crippen molar-refractivity contribution in [1.82, 2.24) is 0 Å². The van der Waals surface area contributed by atoms with Crippen molar-refractivity contribution < 1.29 is 34.8 Å². The number of ketones is 2. The zero-order chi connectivity index (χ0) is 26.8. The minimum Gasteiger partial charge on any atom is -0.511 e. The highest BCUT2D eigenvalue weighted by Gasteiger charge is 2.59. The van der Waals surface area contributed by atoms with Gasteiger partial charge in [-0.15, -0.1) is 0 Å². The highest BCUT2D eigenvalue weighted by molar-refractivity contribution is 6.24. The van der Waals surface area contributed by atoms with Gasteiger partial charge < -0.3 is 31.1 Å². The van der Waals surface area contributed by atoms with Crippen LogP contribution in [-0.4, -0.2) is 57.6 Å². The zero-order valence-electron chi connectivity index (χ0n) is 20.8. The van der Waals surface area contributed by atoms with E-state index < -0.39 is 52.0 Å². The monoisotopic (exact) mass is 506 g/mol. The molecule has 5 rings (SSSR count). The van der Waals surface area contributed by atoms with Crippen molar-refractivity contribution in [2.24, 2.45) is 23.5 Å². The number of aliphatic hydroxyl groups is 3. The summed E-state index contributed by atoms with van der Waals surface area (Å²) in [6.07, 6.45) is 4.30. The van der Waals surface area contributed by atoms with E-state index in [1.54, 1.807) is 6.07 Å². The third kappa shape index (κ3) is 3.62. The average Bonchev–Trinajstić information content (AvgIpc) is 3.34. The van der Waals surface area contributed by atoms with Crippen molar-refractivity contribution in [1.29, 1.82) is 0 Å². The first-order chi connectivity index (χ1) is 17.5. The molecule has 6 N–H and O–H groups in total. The Labute approximate surface area is 214 Å². The van der Waals surface area contributed by atoms with Crippen molar-refractivity contribution in [3.63, 3.8) is 0 Å². The molecule has 1 saturated carbocycles. The molecule has 0 aliphatic heterocycles. The number of amides is 1. The van der Waals surface area contributed by atoms with Gasteiger partial charge in [0.15, 0.2) is 11.4 Å². The Hall–Kier alpha value is -3.77. The molecular formula is C28H30N2O7. The Morgan fingerprint density at radius 3 is 2.43 bits per heavy atom. The number of anilines is 1. The van der Waals surface area contributed by atoms with Crippen LogP contribution in [-0.2, 0) is 16.0 Å². The molecule has 0 unspecified atom stereocenters. The van der Waals surface area contributed by atoms with Crippen LogP contribution in [0.2, 0.25) is 0 Å². The van der Waals surface area contributed by atoms with Crippen molar-refractivity contribution in [3.05, 3.63) is 45.4 Å². The molecule has 37 heavy (non-hydrogen) atoms. The van der Waals surface area contributed by atoms with Gasteiger partial charge in [-0.1, -0.05) is 24.7 Å². The Bertz CT molecular complexity index is 1370. The lowest BCUT2D eigenvalue weighted by molar-refractivity contribution is -0.144. The summed E-state index contributed by atoms with van der Waals surface area (Å²) in [6, 6.07) is 1.76. The third-order valence-corrected chi connectivity index (χ3v) is 8.29. The molecule has 0 saturated heterocycles. The van der Waals surface area contributed by atoms with E-state index in [0.717, 1.165) is 25.7 Å². The summed E-state index contributed by atoms with van der Waals surface area (Å²) in [5.74, 6) is 0.0919. The van der Waals surface area contributed by atoms with Gasteiger partial charge in [-0.2, -0.15) is 0 Å². The number of allylic oxidation sites excluding steroid dienone is 2. The van der Waals surface area contributed by atoms with E-state index in [-0.39, 0.29) is 42.1 Å². The fourth-order valence-corrected chi connectivity index (χ4v) is 6.41. The topological polar surface area (TPSA) is 161 Å². The molecule has 0 spiro atoms. The second-order valence-electron chi connectivity index (χ2n) is 10.7. The molecule has 4 aliphatic rings. The number of rotatable bonds is 2. The summed E-state index contributed by atoms with van der Waals surface area (Å²) in [4.78, 5) is 40.6. The fraction of sp³-hybridized carbons (Fsp3) is 0.464. The molecule has 194 valence electrons. The molecule has 0 bridgehead atoms. The van der Waals surface area contributed by atoms with Gasteiger partial charge in [0, 0.05) is 43.6 Å². The number of carbonyl (C=O) groups excluding carboxylic acids is 3. The molecule has 4 aliphatic carbocycles. The van der Waals surface area contributed by atoms with E-state index in [9.17, 15) is 34.8 Å². The molecule has 1 aromatic carbocycles. The first kappa shape index (κ1) is 24.9. The summed E-state index contributed by atoms with van der Waals surface area (Å²) >= 11 is 0. The van der Waals surface area contributed by atoms with Crippen molar-refractivity contribution in [2.45, 2.75) is 50.5 Å². The lowest BCUT2D eigenvalue weighted by Crippen LogP contribution is -2.57. The number of hydrogen-bond donors (Lipinski definition) is 5. The van der Waals surface area contributed by atoms with Gasteiger partial charge in [-0.25, -0.2) is 0 Å². The van der Waals surface area contributed by atoms with E-state index in [4.69, 9.17) is 5.73 Å². The smallest absolute Gasteiger partial charge is 0.255 e. The first-order valence-corrected chi connectivity index (χ1v) is 12.5. The van der Waals surface area contributed by atoms with Crippen LogP contribution in [0.15, 0.2) is 28.7 Å². The quantitative estimate of drug-likeness (QED) is 0.301. The standard InChI is InChI=1S/C28H30N2O7/c1-30(2)18-11-14(8-7-13-5-3-4-6-13)23(32)21-17(18)10-15-9-16-12-19(31)22(27(29)36)26(35)28(16,37)25(34)20(15)24(21)33/h11,13,15-16,31-32,34,37H,3-6,9-10,12H2,1-2H3,(H2,29,36)/t15-,16+,28+/m1/s1. The van der Waals surface area contributed by atoms with Gasteiger partial charge in [0.25, 0.3) is 5.91 Å². The molecule has 0 heterocycles. The summed E-state index contributed by atoms with van der Waals surface area (Å²) in [6.45, 7) is 0. The Morgan fingerprint density at radius 2 is 1.81 bits per heavy atom. The highest BCUT2D eigenvalue weighted by Crippen LogP contribution is 2.52. The van der Waals surface area contributed by atoms with Gasteiger partial charge >= 0.3 is 0 Å². The average molecular weight is 507 g/mol. The minimum atomic E-state index is -2.57. The molecule has 1 fully saturated rings. The molecule has 9 heteroatoms. The molecule has 3 atom stereocenters. The van der Waals surface area contributed by atoms with Crippen LogP contribution in [0.1, 0.15) is 60.0 Å². The van der Waals surface area contributed by atoms with Gasteiger partial charge in [0.1, 0.15) is 22.8 Å². The van der Waals surface area contributed by atoms with E-state index >= 15 is 0 Å². The molecule has 9 nitrogen and oxygen atoms in total. The zero-order valence-corrected chi connectivity index (χ0v) is 20.8. The lowest BCUT2D eigenvalue weighted by atomic mass is 9.60. The molecule has 0 radical (unpaired) electrons. The number of phenols is 1. The Kier molecular flexibility index (Phi) is 5.83. The highest BCUT2D eigenvalue weighted by atomic mass is 16.3. The van der Waals surface area contributed by atoms with Crippen molar-refractivity contribution in [3.8, 4) is 17.6 Å². The van der Waals surface area contributed by atoms with Crippen LogP contribution in [0.4, 0.5) is 5.69 Å². The molecule has 1 aromatic rings. The normalized spacial score (nSPS) is 27.3. The van der Waals surface area contributed by atoms with Crippen LogP contribution in [0.3, 0.4) is 0 Å². The van der Waals surface area contributed by atoms with Gasteiger partial charge in [-0.05, 0) is 43.2 Å². The number of carbonyl (C=O) groups is 3. The number of Topliss-reactive ketones (excluding diaryl/α,β-unsaturated/α-hetero) is 2. The summed E-state index contributed by atoms with van der Waals surface area (Å²) in [5.41, 5.74) is 3.29. The van der Waals surface area contributed by atoms with E-state index in [1.807, 2.05) is 19.0 Å². The number of fused-ring (bicyclic) bond motifs is 3. The van der Waals surface area contributed by atoms with Crippen LogP contribution >= 0.6 is 0 Å². The predicted molar refractivity (Wildman–Crippen MR) is 134 cm³/mol. The largest absolute Gasteiger partial charge is 0.511 e. The minimum absolute atomic E-state index is 0.0152. The number of aromatic hydroxyl groups is 1. The number of primary amides is 1. The summed E-state index contributed by atoms with van der Waals surface area (Å²) < 4.78 is 0. The van der Waals surface area contributed by atoms with Crippen molar-refractivity contribution >= 4 is 23.2 Å². The number of nitrogens with zero attached hydrogens (tertiary/aromatic N) is 1. The van der Waals surface area contributed by atoms with Crippen LogP contribution in [0.25, 0.3) is 0 Å². The van der Waals surface area contributed by atoms with E-state index in [2.05, 4.69) is 11.8 Å². The molecule has 0 aromatic heterocycles. The number of hydrogen-bond acceptors (Lipinski definition) is 8. The predicted octanol–water partition coefficient (Wildman–Crippen LogP) is 2.19. The van der Waals surface area contributed by atoms with Crippen LogP contribution in [0.5, 0.6) is 5.75 Å². The first-order valence-electron chi connectivity index (χ1n) is 12.5. The molecular weight excluding hydrogens is 476 g/mol. The second-order valence-corrected chi connectivity index (χ2v) is 10.7. The summed E-state index contributed by atoms with van der Waals surface area (Å²) in [5, 5.41) is 44.1. The maximum atomic E-state index is 13.9. The van der Waals surface area contributed by atoms with Gasteiger partial charge in [0.05, 0.1) is 11.1 Å². The van der Waals surface area contributed by atoms with Gasteiger partial charge in [-0.3, -0.25) is 14.4 Å². The van der Waals surface area contributed by atoms with Gasteiger partial charge in [0.2, 0.25) is 5.78 Å². The fourth-order valence-electron chi connectivity index (χ4n) is 6.41. The maximum Gasteiger partial charge on any atom is 0.255 e. The number of aliphatic hydroxyl groups excluding tert-OH is 2. The maximum absolute atomic E-state index is 13.9. The second kappa shape index (κ2) is 8.67. The number of phenolic OH excluding ortho intramolecular Hbond substituents is 1. The number of nitrogens with two attached hydrogens (primary N) is 1. The van der Waals surface area contributed by atoms with Crippen molar-refractivity contribution in [2.75, 3.05) is 19.0 Å². The van der Waals surface area contributed by atoms with Crippen LogP contribution < -0.4 is 10.6 Å². The summed E-state index contributed by atoms with van der Waals surface area (Å²) in [7, 11) is 3.64. The SMILES string of the molecule is CN(C)c1cc(C#CC2CCCC2)c(O)c2c1C[C@H]1C[C@H]3CC(O)=C(C(N)=O)C(=O)[C@@]3(O)C(O)=C1C2=O. The lowest BCUT2D eigenvalue weighted by Gasteiger charge is -2.45. The Balaban J connectivity index is 1.66. The Morgan fingerprint density at radius 1 is 1.14 bits per heavy atom. The van der Waals surface area contributed by atoms with E-state index in [0.29, 0.717) is 16.8 Å². The van der Waals surface area contributed by atoms with E-state index in [1.165, 1.54) is 0 Å². The van der Waals surface area contributed by atoms with Crippen LogP contribution in [0, 0.1) is 29.6 Å². The number of benzene rings is 1. The third-order valence-electron chi connectivity index (χ3n) is 8.29. The molecule has 1 amide bonds.